The molecule has 0 bridgehead atoms. The molecule has 0 radical (unpaired) electrons. The maximum atomic E-state index is 12.1. The Balaban J connectivity index is 1.40. The zero-order valence-electron chi connectivity index (χ0n) is 14.1. The number of aryl methyl sites for hydroxylation is 1. The first-order valence-corrected chi connectivity index (χ1v) is 9.15. The second-order valence-corrected chi connectivity index (χ2v) is 7.50. The Kier molecular flexibility index (Phi) is 3.38. The van der Waals surface area contributed by atoms with E-state index in [9.17, 15) is 4.79 Å². The number of H-pyrrole nitrogens is 2. The Bertz CT molecular complexity index is 1150. The van der Waals surface area contributed by atoms with Gasteiger partial charge in [0.05, 0.1) is 11.6 Å². The smallest absolute Gasteiger partial charge is 0.263 e. The monoisotopic (exact) mass is 368 g/mol. The Hall–Kier alpha value is -3.01. The average molecular weight is 368 g/mol. The summed E-state index contributed by atoms with van der Waals surface area (Å²) >= 11 is 1.68. The maximum absolute atomic E-state index is 12.1. The van der Waals surface area contributed by atoms with E-state index >= 15 is 0 Å². The molecule has 10 heteroatoms. The second kappa shape index (κ2) is 5.77. The van der Waals surface area contributed by atoms with E-state index in [4.69, 9.17) is 0 Å². The van der Waals surface area contributed by atoms with Gasteiger partial charge in [0.1, 0.15) is 22.4 Å². The third kappa shape index (κ3) is 2.41. The number of hydrogen-bond donors (Lipinski definition) is 2. The molecule has 0 atom stereocenters. The van der Waals surface area contributed by atoms with E-state index in [0.29, 0.717) is 17.0 Å². The van der Waals surface area contributed by atoms with Crippen LogP contribution in [-0.2, 0) is 0 Å². The molecule has 5 heterocycles. The van der Waals surface area contributed by atoms with Crippen LogP contribution in [-0.4, -0.2) is 56.3 Å². The number of thiophene rings is 1. The van der Waals surface area contributed by atoms with Crippen molar-refractivity contribution in [3.05, 3.63) is 33.8 Å². The molecular formula is C16H16N8OS. The quantitative estimate of drug-likeness (QED) is 0.549. The summed E-state index contributed by atoms with van der Waals surface area (Å²) in [5, 5.41) is 8.23. The molecule has 132 valence electrons. The van der Waals surface area contributed by atoms with Gasteiger partial charge in [0.25, 0.3) is 5.56 Å². The molecule has 1 aliphatic rings. The lowest BCUT2D eigenvalue weighted by molar-refractivity contribution is 0.636. The molecule has 2 N–H and O–H groups in total. The van der Waals surface area contributed by atoms with Crippen molar-refractivity contribution < 1.29 is 0 Å². The lowest BCUT2D eigenvalue weighted by Gasteiger charge is -2.35. The zero-order chi connectivity index (χ0) is 17.7. The normalized spacial score (nSPS) is 15.3. The number of fused-ring (bicyclic) bond motifs is 2. The molecule has 0 aromatic carbocycles. The lowest BCUT2D eigenvalue weighted by Crippen LogP contribution is -2.47. The van der Waals surface area contributed by atoms with Crippen molar-refractivity contribution in [2.24, 2.45) is 0 Å². The summed E-state index contributed by atoms with van der Waals surface area (Å²) in [6.45, 7) is 5.17. The fraction of sp³-hybridized carbons (Fsp3) is 0.312. The van der Waals surface area contributed by atoms with Gasteiger partial charge in [0, 0.05) is 31.1 Å². The van der Waals surface area contributed by atoms with Crippen LogP contribution in [0.3, 0.4) is 0 Å². The van der Waals surface area contributed by atoms with Crippen LogP contribution in [0.1, 0.15) is 4.88 Å². The van der Waals surface area contributed by atoms with Crippen molar-refractivity contribution in [2.75, 3.05) is 36.0 Å². The summed E-state index contributed by atoms with van der Waals surface area (Å²) in [6, 6.07) is 2.15. The highest BCUT2D eigenvalue weighted by atomic mass is 32.1. The van der Waals surface area contributed by atoms with E-state index in [-0.39, 0.29) is 5.56 Å². The maximum Gasteiger partial charge on any atom is 0.263 e. The van der Waals surface area contributed by atoms with Gasteiger partial charge in [0.15, 0.2) is 5.65 Å². The first-order chi connectivity index (χ1) is 12.7. The Morgan fingerprint density at radius 3 is 2.77 bits per heavy atom. The Labute approximate surface area is 151 Å². The number of rotatable bonds is 2. The molecule has 26 heavy (non-hydrogen) atoms. The predicted octanol–water partition coefficient (Wildman–Crippen LogP) is 1.29. The molecule has 1 fully saturated rings. The standard InChI is InChI=1S/C16H16N8OS/c1-9-6-10-13(17-8-18-15(10)26-9)23-2-4-24(5-3-23)16-20-12-11(7-19-22-12)14(25)21-16/h6-8H,2-5H2,1H3,(H2,19,20,21,22,25). The topological polar surface area (TPSA) is 107 Å². The van der Waals surface area contributed by atoms with Crippen LogP contribution in [0.25, 0.3) is 21.3 Å². The Morgan fingerprint density at radius 2 is 1.92 bits per heavy atom. The van der Waals surface area contributed by atoms with Crippen LogP contribution in [0.5, 0.6) is 0 Å². The first kappa shape index (κ1) is 15.3. The highest BCUT2D eigenvalue weighted by Crippen LogP contribution is 2.30. The fourth-order valence-electron chi connectivity index (χ4n) is 3.33. The number of piperazine rings is 1. The minimum absolute atomic E-state index is 0.174. The number of nitrogens with zero attached hydrogens (tertiary/aromatic N) is 6. The predicted molar refractivity (Wildman–Crippen MR) is 101 cm³/mol. The molecule has 0 aliphatic carbocycles. The van der Waals surface area contributed by atoms with Gasteiger partial charge in [0.2, 0.25) is 5.95 Å². The van der Waals surface area contributed by atoms with Crippen molar-refractivity contribution >= 4 is 44.4 Å². The fourth-order valence-corrected chi connectivity index (χ4v) is 4.17. The van der Waals surface area contributed by atoms with Crippen molar-refractivity contribution in [3.8, 4) is 0 Å². The highest BCUT2D eigenvalue weighted by molar-refractivity contribution is 7.18. The van der Waals surface area contributed by atoms with Gasteiger partial charge >= 0.3 is 0 Å². The molecule has 0 amide bonds. The van der Waals surface area contributed by atoms with E-state index in [1.165, 1.54) is 11.1 Å². The third-order valence-corrected chi connectivity index (χ3v) is 5.58. The van der Waals surface area contributed by atoms with E-state index in [1.807, 2.05) is 0 Å². The van der Waals surface area contributed by atoms with Gasteiger partial charge in [-0.1, -0.05) is 0 Å². The van der Waals surface area contributed by atoms with Gasteiger partial charge in [-0.15, -0.1) is 11.3 Å². The summed E-state index contributed by atoms with van der Waals surface area (Å²) in [5.41, 5.74) is 0.338. The van der Waals surface area contributed by atoms with E-state index < -0.39 is 0 Å². The number of anilines is 2. The van der Waals surface area contributed by atoms with Gasteiger partial charge in [-0.2, -0.15) is 10.1 Å². The molecule has 1 saturated heterocycles. The molecule has 4 aromatic rings. The third-order valence-electron chi connectivity index (χ3n) is 4.62. The van der Waals surface area contributed by atoms with E-state index in [0.717, 1.165) is 42.2 Å². The summed E-state index contributed by atoms with van der Waals surface area (Å²) < 4.78 is 0. The summed E-state index contributed by atoms with van der Waals surface area (Å²) in [4.78, 5) is 34.9. The van der Waals surface area contributed by atoms with Gasteiger partial charge in [-0.3, -0.25) is 14.9 Å². The number of nitrogens with one attached hydrogen (secondary N) is 2. The molecule has 0 unspecified atom stereocenters. The minimum atomic E-state index is -0.174. The number of aromatic nitrogens is 6. The SMILES string of the molecule is Cc1cc2c(N3CCN(c4nc5[nH]ncc5c(=O)[nH]4)CC3)ncnc2s1. The van der Waals surface area contributed by atoms with E-state index in [1.54, 1.807) is 17.7 Å². The average Bonchev–Trinajstić information content (AvgIpc) is 3.27. The number of aromatic amines is 2. The van der Waals surface area contributed by atoms with Crippen molar-refractivity contribution in [1.29, 1.82) is 0 Å². The molecule has 4 aromatic heterocycles. The van der Waals surface area contributed by atoms with Crippen LogP contribution in [0.15, 0.2) is 23.4 Å². The molecule has 0 spiro atoms. The van der Waals surface area contributed by atoms with Crippen LogP contribution in [0, 0.1) is 6.92 Å². The summed E-state index contributed by atoms with van der Waals surface area (Å²) in [7, 11) is 0. The van der Waals surface area contributed by atoms with Crippen LogP contribution in [0.2, 0.25) is 0 Å². The zero-order valence-corrected chi connectivity index (χ0v) is 14.9. The summed E-state index contributed by atoms with van der Waals surface area (Å²) in [5.74, 6) is 1.55. The van der Waals surface area contributed by atoms with Crippen molar-refractivity contribution in [3.63, 3.8) is 0 Å². The summed E-state index contributed by atoms with van der Waals surface area (Å²) in [6.07, 6.45) is 3.12. The molecule has 0 saturated carbocycles. The first-order valence-electron chi connectivity index (χ1n) is 8.33. The Morgan fingerprint density at radius 1 is 1.12 bits per heavy atom. The van der Waals surface area contributed by atoms with Crippen molar-refractivity contribution in [2.45, 2.75) is 6.92 Å². The lowest BCUT2D eigenvalue weighted by atomic mass is 10.2. The van der Waals surface area contributed by atoms with Gasteiger partial charge in [-0.05, 0) is 13.0 Å². The molecule has 5 rings (SSSR count). The second-order valence-electron chi connectivity index (χ2n) is 6.27. The molecule has 9 nitrogen and oxygen atoms in total. The van der Waals surface area contributed by atoms with E-state index in [2.05, 4.69) is 52.9 Å². The number of hydrogen-bond acceptors (Lipinski definition) is 8. The molecular weight excluding hydrogens is 352 g/mol. The highest BCUT2D eigenvalue weighted by Gasteiger charge is 2.22. The largest absolute Gasteiger partial charge is 0.352 e. The van der Waals surface area contributed by atoms with Crippen LogP contribution >= 0.6 is 11.3 Å². The van der Waals surface area contributed by atoms with Gasteiger partial charge in [-0.25, -0.2) is 9.97 Å². The minimum Gasteiger partial charge on any atom is -0.352 e. The van der Waals surface area contributed by atoms with Crippen LogP contribution in [0.4, 0.5) is 11.8 Å². The van der Waals surface area contributed by atoms with Crippen molar-refractivity contribution in [1.82, 2.24) is 30.1 Å². The van der Waals surface area contributed by atoms with Gasteiger partial charge < -0.3 is 9.80 Å². The van der Waals surface area contributed by atoms with Crippen LogP contribution < -0.4 is 15.4 Å². The molecule has 1 aliphatic heterocycles.